The van der Waals surface area contributed by atoms with Crippen molar-refractivity contribution in [3.05, 3.63) is 60.2 Å². The lowest BCUT2D eigenvalue weighted by Gasteiger charge is -2.30. The Balaban J connectivity index is 1.55. The molecule has 2 aromatic carbocycles. The summed E-state index contributed by atoms with van der Waals surface area (Å²) in [5, 5.41) is 14.1. The van der Waals surface area contributed by atoms with Crippen LogP contribution in [0.4, 0.5) is 9.59 Å². The summed E-state index contributed by atoms with van der Waals surface area (Å²) in [7, 11) is -2.96. The first-order valence-electron chi connectivity index (χ1n) is 13.9. The van der Waals surface area contributed by atoms with Gasteiger partial charge in [-0.05, 0) is 63.4 Å². The van der Waals surface area contributed by atoms with E-state index in [1.165, 1.54) is 31.4 Å². The number of hydrogen-bond donors (Lipinski definition) is 3. The molecule has 236 valence electrons. The maximum absolute atomic E-state index is 13.7. The maximum atomic E-state index is 13.7. The lowest BCUT2D eigenvalue weighted by Crippen LogP contribution is -2.55. The van der Waals surface area contributed by atoms with Gasteiger partial charge in [0.05, 0.1) is 49.8 Å². The molecule has 0 spiro atoms. The average molecular weight is 622 g/mol. The Morgan fingerprint density at radius 3 is 2.42 bits per heavy atom. The summed E-state index contributed by atoms with van der Waals surface area (Å²) in [6.07, 6.45) is -3.46. The fraction of sp³-hybridized carbons (Fsp3) is 0.517. The lowest BCUT2D eigenvalue weighted by atomic mass is 10.0. The molecule has 2 heterocycles. The second-order valence-electron chi connectivity index (χ2n) is 11.3. The number of nitrogens with zero attached hydrogens (tertiary/aromatic N) is 1. The summed E-state index contributed by atoms with van der Waals surface area (Å²) in [5.74, 6) is 0.339. The minimum atomic E-state index is -4.40. The quantitative estimate of drug-likeness (QED) is 0.318. The smallest absolute Gasteiger partial charge is 0.423 e. The highest BCUT2D eigenvalue weighted by molar-refractivity contribution is 7.89. The zero-order valence-corrected chi connectivity index (χ0v) is 25.4. The van der Waals surface area contributed by atoms with Crippen molar-refractivity contribution in [2.45, 2.75) is 68.6 Å². The third-order valence-electron chi connectivity index (χ3n) is 6.92. The Kier molecular flexibility index (Phi) is 10.5. The van der Waals surface area contributed by atoms with Crippen LogP contribution in [0.2, 0.25) is 0 Å². The van der Waals surface area contributed by atoms with Gasteiger partial charge in [0.25, 0.3) is 10.0 Å². The van der Waals surface area contributed by atoms with E-state index < -0.39 is 58.9 Å². The molecule has 0 saturated carbocycles. The molecule has 2 amide bonds. The van der Waals surface area contributed by atoms with Crippen LogP contribution in [0, 0.1) is 5.92 Å². The van der Waals surface area contributed by atoms with Crippen LogP contribution in [0.3, 0.4) is 0 Å². The molecule has 0 radical (unpaired) electrons. The summed E-state index contributed by atoms with van der Waals surface area (Å²) >= 11 is 0. The molecule has 2 unspecified atom stereocenters. The molecule has 2 saturated heterocycles. The van der Waals surface area contributed by atoms with Crippen LogP contribution in [-0.2, 0) is 35.4 Å². The highest BCUT2D eigenvalue weighted by Crippen LogP contribution is 2.33. The molecular weight excluding hydrogens is 582 g/mol. The van der Waals surface area contributed by atoms with Crippen molar-refractivity contribution in [2.75, 3.05) is 26.9 Å². The van der Waals surface area contributed by atoms with E-state index in [1.807, 2.05) is 18.2 Å². The van der Waals surface area contributed by atoms with E-state index >= 15 is 0 Å². The number of aliphatic hydroxyl groups is 1. The number of carbonyl (C=O) groups excluding carboxylic acids is 2. The molecule has 13 nitrogen and oxygen atoms in total. The number of benzene rings is 2. The van der Waals surface area contributed by atoms with Crippen molar-refractivity contribution < 1.29 is 46.8 Å². The normalized spacial score (nSPS) is 21.5. The first kappa shape index (κ1) is 32.5. The maximum Gasteiger partial charge on any atom is 0.423 e. The first-order chi connectivity index (χ1) is 20.4. The van der Waals surface area contributed by atoms with Gasteiger partial charge in [0.1, 0.15) is 17.5 Å². The number of sulfonamides is 1. The molecule has 14 heteroatoms. The molecule has 43 heavy (non-hydrogen) atoms. The third kappa shape index (κ3) is 8.80. The topological polar surface area (TPSA) is 162 Å². The first-order valence-corrected chi connectivity index (χ1v) is 15.4. The van der Waals surface area contributed by atoms with Crippen LogP contribution < -0.4 is 15.5 Å². The van der Waals surface area contributed by atoms with Gasteiger partial charge in [0.15, 0.2) is 6.29 Å². The van der Waals surface area contributed by atoms with Crippen molar-refractivity contribution in [2.24, 2.45) is 5.92 Å². The van der Waals surface area contributed by atoms with E-state index in [0.717, 1.165) is 5.56 Å². The van der Waals surface area contributed by atoms with Crippen molar-refractivity contribution >= 4 is 22.2 Å². The monoisotopic (exact) mass is 621 g/mol. The largest absolute Gasteiger partial charge is 0.497 e. The summed E-state index contributed by atoms with van der Waals surface area (Å²) in [6, 6.07) is 13.6. The number of fused-ring (bicyclic) bond motifs is 1. The third-order valence-corrected chi connectivity index (χ3v) is 8.61. The molecule has 5 atom stereocenters. The van der Waals surface area contributed by atoms with Gasteiger partial charge in [-0.3, -0.25) is 0 Å². The molecule has 0 bridgehead atoms. The number of carbonyl (C=O) groups is 2. The van der Waals surface area contributed by atoms with Crippen LogP contribution >= 0.6 is 0 Å². The zero-order valence-electron chi connectivity index (χ0n) is 24.6. The van der Waals surface area contributed by atoms with Crippen molar-refractivity contribution in [3.8, 4) is 5.75 Å². The number of methoxy groups -OCH3 is 1. The number of ether oxygens (including phenoxy) is 5. The van der Waals surface area contributed by atoms with E-state index in [1.54, 1.807) is 32.9 Å². The summed E-state index contributed by atoms with van der Waals surface area (Å²) in [4.78, 5) is 25.5. The highest BCUT2D eigenvalue weighted by atomic mass is 32.2. The van der Waals surface area contributed by atoms with Gasteiger partial charge in [0, 0.05) is 0 Å². The van der Waals surface area contributed by atoms with Crippen LogP contribution in [0.1, 0.15) is 32.8 Å². The number of hydrazine groups is 1. The predicted molar refractivity (Wildman–Crippen MR) is 153 cm³/mol. The lowest BCUT2D eigenvalue weighted by molar-refractivity contribution is -0.0907. The Morgan fingerprint density at radius 2 is 1.77 bits per heavy atom. The van der Waals surface area contributed by atoms with E-state index in [4.69, 9.17) is 23.7 Å². The van der Waals surface area contributed by atoms with Crippen LogP contribution in [-0.4, -0.2) is 87.1 Å². The van der Waals surface area contributed by atoms with E-state index in [9.17, 15) is 23.1 Å². The Bertz CT molecular complexity index is 1330. The van der Waals surface area contributed by atoms with Crippen molar-refractivity contribution in [1.29, 1.82) is 0 Å². The Hall–Kier alpha value is -3.43. The molecule has 0 aliphatic carbocycles. The molecule has 2 aliphatic heterocycles. The van der Waals surface area contributed by atoms with Gasteiger partial charge < -0.3 is 34.1 Å². The van der Waals surface area contributed by atoms with Crippen LogP contribution in [0.5, 0.6) is 5.75 Å². The van der Waals surface area contributed by atoms with Crippen molar-refractivity contribution in [1.82, 2.24) is 15.2 Å². The van der Waals surface area contributed by atoms with Gasteiger partial charge >= 0.3 is 12.2 Å². The average Bonchev–Trinajstić information content (AvgIpc) is 3.57. The molecular formula is C29H39N3O10S. The molecule has 4 rings (SSSR count). The fourth-order valence-electron chi connectivity index (χ4n) is 4.80. The van der Waals surface area contributed by atoms with Gasteiger partial charge in [-0.2, -0.15) is 0 Å². The Labute approximate surface area is 251 Å². The number of aliphatic hydroxyl groups excluding tert-OH is 1. The highest BCUT2D eigenvalue weighted by Gasteiger charge is 2.44. The van der Waals surface area contributed by atoms with Crippen LogP contribution in [0.15, 0.2) is 59.5 Å². The fourth-order valence-corrected chi connectivity index (χ4v) is 6.08. The number of hydrogen-bond acceptors (Lipinski definition) is 10. The number of rotatable bonds is 11. The number of alkyl carbamates (subject to hydrolysis) is 1. The van der Waals surface area contributed by atoms with E-state index in [-0.39, 0.29) is 23.8 Å². The summed E-state index contributed by atoms with van der Waals surface area (Å²) in [5.41, 5.74) is 2.09. The number of amides is 2. The standard InChI is InChI=1S/C29H39N3O10S/c1-29(2,3)42-28(35)31-32(43(36,37)21-12-10-20(38-4)11-13-21)17-24(33)23(16-19-8-6-5-7-9-19)30-27(34)41-25-18-40-26-22(25)14-15-39-26/h5-13,22-26,33H,14-18H2,1-4H3,(H,30,34)(H,31,35)/t22?,23-,24+,25?,26+/m0/s1. The second-order valence-corrected chi connectivity index (χ2v) is 13.2. The minimum absolute atomic E-state index is 0.0913. The van der Waals surface area contributed by atoms with Crippen LogP contribution in [0.25, 0.3) is 0 Å². The van der Waals surface area contributed by atoms with Gasteiger partial charge in [-0.25, -0.2) is 23.4 Å². The molecule has 2 aromatic rings. The van der Waals surface area contributed by atoms with Gasteiger partial charge in [-0.15, -0.1) is 4.41 Å². The van der Waals surface area contributed by atoms with Gasteiger partial charge in [-0.1, -0.05) is 30.3 Å². The summed E-state index contributed by atoms with van der Waals surface area (Å²) < 4.78 is 55.0. The zero-order chi connectivity index (χ0) is 31.2. The van der Waals surface area contributed by atoms with E-state index in [0.29, 0.717) is 23.2 Å². The molecule has 3 N–H and O–H groups in total. The Morgan fingerprint density at radius 1 is 1.07 bits per heavy atom. The second kappa shape index (κ2) is 13.9. The molecule has 0 aromatic heterocycles. The van der Waals surface area contributed by atoms with Crippen molar-refractivity contribution in [3.63, 3.8) is 0 Å². The molecule has 2 fully saturated rings. The predicted octanol–water partition coefficient (Wildman–Crippen LogP) is 2.59. The number of nitrogens with one attached hydrogen (secondary N) is 2. The summed E-state index contributed by atoms with van der Waals surface area (Å²) in [6.45, 7) is 4.95. The minimum Gasteiger partial charge on any atom is -0.497 e. The SMILES string of the molecule is COc1ccc(S(=O)(=O)N(C[C@@H](O)[C@H](Cc2ccccc2)NC(=O)OC2CO[C@H]3OCCC23)NC(=O)OC(C)(C)C)cc1. The van der Waals surface area contributed by atoms with Gasteiger partial charge in [0.2, 0.25) is 0 Å². The van der Waals surface area contributed by atoms with E-state index in [2.05, 4.69) is 10.7 Å². The molecule has 2 aliphatic rings.